The Bertz CT molecular complexity index is 221. The maximum atomic E-state index is 9.91. The molecule has 16 heavy (non-hydrogen) atoms. The molecule has 0 spiro atoms. The average molecular weight is 226 g/mol. The summed E-state index contributed by atoms with van der Waals surface area (Å²) in [6.45, 7) is 5.41. The Hall–Kier alpha value is -0.0800. The molecule has 0 heterocycles. The molecule has 2 aliphatic carbocycles. The molecule has 2 heteroatoms. The first-order chi connectivity index (χ1) is 7.57. The summed E-state index contributed by atoms with van der Waals surface area (Å²) in [4.78, 5) is 0. The monoisotopic (exact) mass is 226 g/mol. The highest BCUT2D eigenvalue weighted by molar-refractivity contribution is 4.85. The molecule has 2 unspecified atom stereocenters. The van der Waals surface area contributed by atoms with E-state index in [1.807, 2.05) is 0 Å². The molecular weight excluding hydrogens is 200 g/mol. The second kappa shape index (κ2) is 5.05. The highest BCUT2D eigenvalue weighted by Gasteiger charge is 2.34. The van der Waals surface area contributed by atoms with Gasteiger partial charge in [0.2, 0.25) is 0 Å². The fourth-order valence-corrected chi connectivity index (χ4v) is 2.84. The van der Waals surface area contributed by atoms with Gasteiger partial charge >= 0.3 is 0 Å². The van der Waals surface area contributed by atoms with Gasteiger partial charge in [-0.2, -0.15) is 0 Å². The van der Waals surface area contributed by atoms with Crippen LogP contribution in [0.2, 0.25) is 0 Å². The molecule has 0 bridgehead atoms. The first-order valence-corrected chi connectivity index (χ1v) is 6.86. The van der Waals surface area contributed by atoms with Gasteiger partial charge < -0.3 is 9.84 Å². The number of aliphatic hydroxyl groups excluding tert-OH is 1. The van der Waals surface area contributed by atoms with Crippen molar-refractivity contribution in [2.45, 2.75) is 71.0 Å². The summed E-state index contributed by atoms with van der Waals surface area (Å²) < 4.78 is 5.89. The first-order valence-electron chi connectivity index (χ1n) is 6.86. The quantitative estimate of drug-likeness (QED) is 0.798. The zero-order chi connectivity index (χ0) is 11.6. The van der Waals surface area contributed by atoms with Crippen molar-refractivity contribution in [3.05, 3.63) is 0 Å². The summed E-state index contributed by atoms with van der Waals surface area (Å²) in [6, 6.07) is 0. The van der Waals surface area contributed by atoms with Gasteiger partial charge in [0.05, 0.1) is 12.2 Å². The minimum atomic E-state index is -0.227. The van der Waals surface area contributed by atoms with E-state index in [1.165, 1.54) is 25.7 Å². The standard InChI is InChI=1S/C14H26O2/c1-14(2)8-6-12(15)13(10-14)16-9-7-11-4-3-5-11/h11-13,15H,3-10H2,1-2H3. The molecule has 0 radical (unpaired) electrons. The summed E-state index contributed by atoms with van der Waals surface area (Å²) in [7, 11) is 0. The maximum absolute atomic E-state index is 9.91. The van der Waals surface area contributed by atoms with Crippen molar-refractivity contribution < 1.29 is 9.84 Å². The van der Waals surface area contributed by atoms with E-state index in [2.05, 4.69) is 13.8 Å². The second-order valence-corrected chi connectivity index (χ2v) is 6.47. The van der Waals surface area contributed by atoms with Crippen molar-refractivity contribution in [3.8, 4) is 0 Å². The Labute approximate surface area is 99.4 Å². The number of hydrogen-bond donors (Lipinski definition) is 1. The molecule has 2 aliphatic rings. The highest BCUT2D eigenvalue weighted by atomic mass is 16.5. The SMILES string of the molecule is CC1(C)CCC(O)C(OCCC2CCC2)C1. The zero-order valence-electron chi connectivity index (χ0n) is 10.7. The summed E-state index contributed by atoms with van der Waals surface area (Å²) >= 11 is 0. The molecule has 2 atom stereocenters. The van der Waals surface area contributed by atoms with E-state index in [0.717, 1.165) is 31.8 Å². The molecule has 2 nitrogen and oxygen atoms in total. The van der Waals surface area contributed by atoms with Gasteiger partial charge in [-0.25, -0.2) is 0 Å². The van der Waals surface area contributed by atoms with Gasteiger partial charge in [0, 0.05) is 6.61 Å². The van der Waals surface area contributed by atoms with Crippen LogP contribution in [0.4, 0.5) is 0 Å². The van der Waals surface area contributed by atoms with Gasteiger partial charge in [-0.15, -0.1) is 0 Å². The van der Waals surface area contributed by atoms with Crippen molar-refractivity contribution in [1.82, 2.24) is 0 Å². The van der Waals surface area contributed by atoms with Crippen molar-refractivity contribution in [2.75, 3.05) is 6.61 Å². The Morgan fingerprint density at radius 3 is 2.62 bits per heavy atom. The van der Waals surface area contributed by atoms with Crippen LogP contribution in [0, 0.1) is 11.3 Å². The molecule has 0 saturated heterocycles. The minimum absolute atomic E-state index is 0.0869. The molecule has 0 aromatic carbocycles. The first kappa shape index (κ1) is 12.4. The molecule has 0 aromatic heterocycles. The molecular formula is C14H26O2. The van der Waals surface area contributed by atoms with Gasteiger partial charge in [-0.1, -0.05) is 33.1 Å². The van der Waals surface area contributed by atoms with Crippen LogP contribution in [-0.2, 0) is 4.74 Å². The number of ether oxygens (including phenoxy) is 1. The van der Waals surface area contributed by atoms with Crippen molar-refractivity contribution >= 4 is 0 Å². The van der Waals surface area contributed by atoms with Gasteiger partial charge in [0.15, 0.2) is 0 Å². The largest absolute Gasteiger partial charge is 0.390 e. The maximum Gasteiger partial charge on any atom is 0.0839 e. The molecule has 2 rings (SSSR count). The predicted octanol–water partition coefficient (Wildman–Crippen LogP) is 3.13. The van der Waals surface area contributed by atoms with E-state index in [1.54, 1.807) is 0 Å². The summed E-state index contributed by atoms with van der Waals surface area (Å²) in [6.07, 6.45) is 8.28. The lowest BCUT2D eigenvalue weighted by Gasteiger charge is -2.38. The molecule has 2 saturated carbocycles. The molecule has 94 valence electrons. The lowest BCUT2D eigenvalue weighted by Crippen LogP contribution is -2.39. The van der Waals surface area contributed by atoms with Crippen molar-refractivity contribution in [1.29, 1.82) is 0 Å². The topological polar surface area (TPSA) is 29.5 Å². The van der Waals surface area contributed by atoms with Crippen LogP contribution < -0.4 is 0 Å². The minimum Gasteiger partial charge on any atom is -0.390 e. The lowest BCUT2D eigenvalue weighted by molar-refractivity contribution is -0.0895. The summed E-state index contributed by atoms with van der Waals surface area (Å²) in [5.74, 6) is 0.911. The third-order valence-electron chi connectivity index (χ3n) is 4.38. The van der Waals surface area contributed by atoms with Crippen LogP contribution in [0.5, 0.6) is 0 Å². The Morgan fingerprint density at radius 1 is 1.25 bits per heavy atom. The van der Waals surface area contributed by atoms with Crippen LogP contribution >= 0.6 is 0 Å². The van der Waals surface area contributed by atoms with E-state index in [0.29, 0.717) is 5.41 Å². The van der Waals surface area contributed by atoms with Crippen LogP contribution in [0.3, 0.4) is 0 Å². The molecule has 0 aliphatic heterocycles. The average Bonchev–Trinajstić information content (AvgIpc) is 2.15. The molecule has 1 N–H and O–H groups in total. The van der Waals surface area contributed by atoms with Crippen molar-refractivity contribution in [2.24, 2.45) is 11.3 Å². The Balaban J connectivity index is 1.69. The summed E-state index contributed by atoms with van der Waals surface area (Å²) in [5, 5.41) is 9.91. The number of aliphatic hydroxyl groups is 1. The van der Waals surface area contributed by atoms with Crippen LogP contribution in [0.15, 0.2) is 0 Å². The van der Waals surface area contributed by atoms with E-state index in [-0.39, 0.29) is 12.2 Å². The zero-order valence-corrected chi connectivity index (χ0v) is 10.7. The summed E-state index contributed by atoms with van der Waals surface area (Å²) in [5.41, 5.74) is 0.348. The van der Waals surface area contributed by atoms with Crippen LogP contribution in [-0.4, -0.2) is 23.9 Å². The third kappa shape index (κ3) is 3.21. The third-order valence-corrected chi connectivity index (χ3v) is 4.38. The van der Waals surface area contributed by atoms with Gasteiger partial charge in [-0.05, 0) is 37.0 Å². The lowest BCUT2D eigenvalue weighted by atomic mass is 9.75. The van der Waals surface area contributed by atoms with E-state index >= 15 is 0 Å². The molecule has 0 amide bonds. The normalized spacial score (nSPS) is 34.7. The molecule has 0 aromatic rings. The Morgan fingerprint density at radius 2 is 2.00 bits per heavy atom. The number of rotatable bonds is 4. The fraction of sp³-hybridized carbons (Fsp3) is 1.00. The molecule has 2 fully saturated rings. The van der Waals surface area contributed by atoms with E-state index in [9.17, 15) is 5.11 Å². The van der Waals surface area contributed by atoms with Crippen molar-refractivity contribution in [3.63, 3.8) is 0 Å². The van der Waals surface area contributed by atoms with Crippen LogP contribution in [0.25, 0.3) is 0 Å². The van der Waals surface area contributed by atoms with E-state index in [4.69, 9.17) is 4.74 Å². The predicted molar refractivity (Wildman–Crippen MR) is 65.3 cm³/mol. The van der Waals surface area contributed by atoms with Gasteiger partial charge in [0.1, 0.15) is 0 Å². The van der Waals surface area contributed by atoms with Gasteiger partial charge in [-0.3, -0.25) is 0 Å². The fourth-order valence-electron chi connectivity index (χ4n) is 2.84. The Kier molecular flexibility index (Phi) is 3.91. The van der Waals surface area contributed by atoms with E-state index < -0.39 is 0 Å². The van der Waals surface area contributed by atoms with Crippen LogP contribution in [0.1, 0.15) is 58.8 Å². The highest BCUT2D eigenvalue weighted by Crippen LogP contribution is 2.37. The smallest absolute Gasteiger partial charge is 0.0839 e. The number of hydrogen-bond acceptors (Lipinski definition) is 2. The second-order valence-electron chi connectivity index (χ2n) is 6.47. The van der Waals surface area contributed by atoms with Gasteiger partial charge in [0.25, 0.3) is 0 Å².